The summed E-state index contributed by atoms with van der Waals surface area (Å²) < 4.78 is 6.90. The normalized spacial score (nSPS) is 10.5. The van der Waals surface area contributed by atoms with E-state index in [1.165, 1.54) is 0 Å². The molecule has 0 atom stereocenters. The van der Waals surface area contributed by atoms with Gasteiger partial charge < -0.3 is 10.1 Å². The third-order valence-corrected chi connectivity index (χ3v) is 1.10. The first-order chi connectivity index (χ1) is 5.81. The molecule has 0 rings (SSSR count). The van der Waals surface area contributed by atoms with Gasteiger partial charge in [-0.1, -0.05) is 0 Å². The molecule has 1 amide bonds. The summed E-state index contributed by atoms with van der Waals surface area (Å²) in [5.41, 5.74) is -0.428. The highest BCUT2D eigenvalue weighted by Crippen LogP contribution is 2.05. The summed E-state index contributed by atoms with van der Waals surface area (Å²) >= 11 is 0. The number of rotatable bonds is 2. The predicted octanol–water partition coefficient (Wildman–Crippen LogP) is 0.854. The van der Waals surface area contributed by atoms with Gasteiger partial charge in [-0.2, -0.15) is 0 Å². The first kappa shape index (κ1) is 11.9. The molecule has 0 bridgehead atoms. The van der Waals surface area contributed by atoms with E-state index in [4.69, 9.17) is 4.74 Å². The van der Waals surface area contributed by atoms with Crippen molar-refractivity contribution in [1.29, 1.82) is 0 Å². The highest BCUT2D eigenvalue weighted by atomic mass is 16.6. The number of nitrogens with zero attached hydrogens (tertiary/aromatic N) is 1. The van der Waals surface area contributed by atoms with Crippen molar-refractivity contribution in [2.75, 3.05) is 20.6 Å². The van der Waals surface area contributed by atoms with Gasteiger partial charge in [0.1, 0.15) is 19.7 Å². The molecular weight excluding hydrogens is 168 g/mol. The number of amides is 1. The van der Waals surface area contributed by atoms with Gasteiger partial charge in [0.15, 0.2) is 6.21 Å². The molecule has 0 unspecified atom stereocenters. The largest absolute Gasteiger partial charge is 0.444 e. The second kappa shape index (κ2) is 4.84. The Morgan fingerprint density at radius 1 is 1.46 bits per heavy atom. The SMILES string of the molecule is C[N+](C)=CCNC(=O)OC(C)(C)C. The molecule has 0 aromatic carbocycles. The summed E-state index contributed by atoms with van der Waals surface area (Å²) in [4.78, 5) is 11.1. The van der Waals surface area contributed by atoms with Crippen LogP contribution in [0.1, 0.15) is 20.8 Å². The summed E-state index contributed by atoms with van der Waals surface area (Å²) in [7, 11) is 3.80. The Morgan fingerprint density at radius 2 is 2.00 bits per heavy atom. The quantitative estimate of drug-likeness (QED) is 0.514. The average Bonchev–Trinajstić information content (AvgIpc) is 1.81. The molecule has 76 valence electrons. The Hall–Kier alpha value is -1.06. The van der Waals surface area contributed by atoms with Gasteiger partial charge in [0.2, 0.25) is 0 Å². The lowest BCUT2D eigenvalue weighted by Gasteiger charge is -2.18. The van der Waals surface area contributed by atoms with Gasteiger partial charge in [-0.05, 0) is 20.8 Å². The number of carbonyl (C=O) groups is 1. The maximum atomic E-state index is 11.1. The van der Waals surface area contributed by atoms with Gasteiger partial charge in [-0.15, -0.1) is 0 Å². The second-order valence-corrected chi connectivity index (χ2v) is 4.03. The van der Waals surface area contributed by atoms with Gasteiger partial charge in [0.25, 0.3) is 0 Å². The van der Waals surface area contributed by atoms with Crippen molar-refractivity contribution in [3.63, 3.8) is 0 Å². The van der Waals surface area contributed by atoms with Crippen molar-refractivity contribution in [3.05, 3.63) is 0 Å². The summed E-state index contributed by atoms with van der Waals surface area (Å²) in [6.45, 7) is 5.99. The lowest BCUT2D eigenvalue weighted by atomic mass is 10.2. The molecule has 13 heavy (non-hydrogen) atoms. The summed E-state index contributed by atoms with van der Waals surface area (Å²) in [6, 6.07) is 0. The molecule has 0 radical (unpaired) electrons. The number of carbonyl (C=O) groups excluding carboxylic acids is 1. The van der Waals surface area contributed by atoms with E-state index in [2.05, 4.69) is 5.32 Å². The van der Waals surface area contributed by atoms with Crippen molar-refractivity contribution < 1.29 is 14.1 Å². The van der Waals surface area contributed by atoms with Crippen molar-refractivity contribution in [2.45, 2.75) is 26.4 Å². The lowest BCUT2D eigenvalue weighted by Crippen LogP contribution is -2.34. The highest BCUT2D eigenvalue weighted by molar-refractivity contribution is 5.71. The average molecular weight is 187 g/mol. The van der Waals surface area contributed by atoms with Crippen LogP contribution in [0, 0.1) is 0 Å². The van der Waals surface area contributed by atoms with Crippen molar-refractivity contribution in [2.24, 2.45) is 0 Å². The number of ether oxygens (including phenoxy) is 1. The summed E-state index contributed by atoms with van der Waals surface area (Å²) in [5, 5.41) is 2.61. The van der Waals surface area contributed by atoms with E-state index in [9.17, 15) is 4.79 Å². The smallest absolute Gasteiger partial charge is 0.408 e. The molecular formula is C9H19N2O2+. The van der Waals surface area contributed by atoms with Crippen molar-refractivity contribution in [3.8, 4) is 0 Å². The molecule has 0 heterocycles. The van der Waals surface area contributed by atoms with E-state index in [-0.39, 0.29) is 6.09 Å². The van der Waals surface area contributed by atoms with E-state index in [1.54, 1.807) is 0 Å². The first-order valence-corrected chi connectivity index (χ1v) is 4.28. The predicted molar refractivity (Wildman–Crippen MR) is 52.4 cm³/mol. The lowest BCUT2D eigenvalue weighted by molar-refractivity contribution is -0.460. The Balaban J connectivity index is 3.71. The minimum absolute atomic E-state index is 0.384. The molecule has 0 aromatic rings. The fourth-order valence-electron chi connectivity index (χ4n) is 0.626. The van der Waals surface area contributed by atoms with Crippen LogP contribution in [0.3, 0.4) is 0 Å². The Labute approximate surface area is 79.6 Å². The van der Waals surface area contributed by atoms with Gasteiger partial charge in [-0.25, -0.2) is 9.37 Å². The zero-order chi connectivity index (χ0) is 10.5. The standard InChI is InChI=1S/C9H18N2O2/c1-9(2,3)13-8(12)10-6-7-11(4)5/h7H,6H2,1-5H3/p+1. The maximum Gasteiger partial charge on any atom is 0.408 e. The second-order valence-electron chi connectivity index (χ2n) is 4.03. The minimum atomic E-state index is -0.428. The summed E-state index contributed by atoms with van der Waals surface area (Å²) in [6.07, 6.45) is 1.47. The molecule has 0 saturated carbocycles. The zero-order valence-electron chi connectivity index (χ0n) is 9.05. The molecule has 0 saturated heterocycles. The van der Waals surface area contributed by atoms with Crippen LogP contribution in [0.5, 0.6) is 0 Å². The highest BCUT2D eigenvalue weighted by Gasteiger charge is 2.15. The third-order valence-electron chi connectivity index (χ3n) is 1.10. The molecule has 0 aliphatic carbocycles. The monoisotopic (exact) mass is 187 g/mol. The van der Waals surface area contributed by atoms with Crippen molar-refractivity contribution >= 4 is 12.3 Å². The van der Waals surface area contributed by atoms with Gasteiger partial charge in [-0.3, -0.25) is 0 Å². The van der Waals surface area contributed by atoms with Crippen LogP contribution < -0.4 is 5.32 Å². The van der Waals surface area contributed by atoms with E-state index in [0.29, 0.717) is 6.54 Å². The number of alkyl carbamates (subject to hydrolysis) is 1. The molecule has 4 heteroatoms. The van der Waals surface area contributed by atoms with Crippen LogP contribution in [0.15, 0.2) is 0 Å². The van der Waals surface area contributed by atoms with E-state index in [1.807, 2.05) is 45.7 Å². The molecule has 0 aliphatic heterocycles. The topological polar surface area (TPSA) is 41.3 Å². The minimum Gasteiger partial charge on any atom is -0.444 e. The Bertz CT molecular complexity index is 200. The Kier molecular flexibility index (Phi) is 4.45. The number of hydrogen-bond donors (Lipinski definition) is 1. The molecule has 4 nitrogen and oxygen atoms in total. The maximum absolute atomic E-state index is 11.1. The van der Waals surface area contributed by atoms with Crippen LogP contribution in [0.25, 0.3) is 0 Å². The van der Waals surface area contributed by atoms with Crippen LogP contribution in [0.2, 0.25) is 0 Å². The molecule has 1 N–H and O–H groups in total. The molecule has 0 spiro atoms. The van der Waals surface area contributed by atoms with Gasteiger partial charge in [0, 0.05) is 0 Å². The van der Waals surface area contributed by atoms with Gasteiger partial charge in [0.05, 0.1) is 6.54 Å². The first-order valence-electron chi connectivity index (χ1n) is 4.28. The van der Waals surface area contributed by atoms with Gasteiger partial charge >= 0.3 is 6.09 Å². The molecule has 0 fully saturated rings. The summed E-state index contributed by atoms with van der Waals surface area (Å²) in [5.74, 6) is 0. The fraction of sp³-hybridized carbons (Fsp3) is 0.778. The fourth-order valence-corrected chi connectivity index (χ4v) is 0.626. The molecule has 0 aliphatic rings. The third kappa shape index (κ3) is 8.85. The number of hydrogen-bond acceptors (Lipinski definition) is 2. The van der Waals surface area contributed by atoms with E-state index < -0.39 is 5.60 Å². The van der Waals surface area contributed by atoms with Crippen molar-refractivity contribution in [1.82, 2.24) is 5.32 Å². The van der Waals surface area contributed by atoms with E-state index >= 15 is 0 Å². The van der Waals surface area contributed by atoms with Crippen LogP contribution >= 0.6 is 0 Å². The Morgan fingerprint density at radius 3 is 2.38 bits per heavy atom. The zero-order valence-corrected chi connectivity index (χ0v) is 9.05. The van der Waals surface area contributed by atoms with Crippen LogP contribution in [-0.2, 0) is 4.74 Å². The van der Waals surface area contributed by atoms with E-state index in [0.717, 1.165) is 0 Å². The van der Waals surface area contributed by atoms with Crippen LogP contribution in [0.4, 0.5) is 4.79 Å². The molecule has 0 aromatic heterocycles. The van der Waals surface area contributed by atoms with Crippen LogP contribution in [-0.4, -0.2) is 43.1 Å². The number of nitrogens with one attached hydrogen (secondary N) is 1.